The number of ether oxygens (including phenoxy) is 1. The Morgan fingerprint density at radius 3 is 3.00 bits per heavy atom. The van der Waals surface area contributed by atoms with E-state index in [9.17, 15) is 0 Å². The summed E-state index contributed by atoms with van der Waals surface area (Å²) < 4.78 is 5.43. The van der Waals surface area contributed by atoms with E-state index in [1.807, 2.05) is 12.1 Å². The second-order valence-corrected chi connectivity index (χ2v) is 4.76. The number of nitrogens with zero attached hydrogens (tertiary/aromatic N) is 1. The summed E-state index contributed by atoms with van der Waals surface area (Å²) in [6.07, 6.45) is 2.23. The summed E-state index contributed by atoms with van der Waals surface area (Å²) in [6, 6.07) is 8.70. The van der Waals surface area contributed by atoms with Crippen LogP contribution in [0.4, 0.5) is 5.69 Å². The molecule has 1 aliphatic rings. The molecular weight excluding hydrogens is 212 g/mol. The summed E-state index contributed by atoms with van der Waals surface area (Å²) in [7, 11) is 0. The Labute approximate surface area is 104 Å². The van der Waals surface area contributed by atoms with Crippen molar-refractivity contribution in [1.29, 1.82) is 0 Å². The first-order chi connectivity index (χ1) is 8.27. The van der Waals surface area contributed by atoms with Crippen LogP contribution < -0.4 is 5.73 Å². The Hall–Kier alpha value is -1.06. The van der Waals surface area contributed by atoms with Crippen molar-refractivity contribution < 1.29 is 4.74 Å². The van der Waals surface area contributed by atoms with E-state index >= 15 is 0 Å². The maximum atomic E-state index is 5.93. The van der Waals surface area contributed by atoms with Gasteiger partial charge in [0.2, 0.25) is 0 Å². The first kappa shape index (κ1) is 12.4. The second-order valence-electron chi connectivity index (χ2n) is 4.76. The number of hydrogen-bond acceptors (Lipinski definition) is 3. The van der Waals surface area contributed by atoms with Crippen LogP contribution in [-0.4, -0.2) is 37.2 Å². The van der Waals surface area contributed by atoms with Crippen molar-refractivity contribution in [3.05, 3.63) is 29.8 Å². The van der Waals surface area contributed by atoms with Crippen molar-refractivity contribution in [2.45, 2.75) is 25.8 Å². The average molecular weight is 234 g/mol. The predicted octanol–water partition coefficient (Wildman–Crippen LogP) is 1.92. The molecule has 17 heavy (non-hydrogen) atoms. The Kier molecular flexibility index (Phi) is 4.40. The third-order valence-electron chi connectivity index (χ3n) is 3.45. The predicted molar refractivity (Wildman–Crippen MR) is 71.0 cm³/mol. The lowest BCUT2D eigenvalue weighted by Crippen LogP contribution is -2.44. The van der Waals surface area contributed by atoms with Crippen LogP contribution in [0.2, 0.25) is 0 Å². The minimum Gasteiger partial charge on any atom is -0.399 e. The normalized spacial score (nSPS) is 21.6. The lowest BCUT2D eigenvalue weighted by molar-refractivity contribution is -0.000597. The van der Waals surface area contributed by atoms with Crippen LogP contribution in [-0.2, 0) is 11.2 Å². The number of aryl methyl sites for hydroxylation is 1. The first-order valence-electron chi connectivity index (χ1n) is 6.42. The third kappa shape index (κ3) is 3.45. The van der Waals surface area contributed by atoms with E-state index in [0.717, 1.165) is 38.4 Å². The highest BCUT2D eigenvalue weighted by Gasteiger charge is 2.17. The Morgan fingerprint density at radius 1 is 1.41 bits per heavy atom. The van der Waals surface area contributed by atoms with Gasteiger partial charge >= 0.3 is 0 Å². The Bertz CT molecular complexity index is 354. The SMILES string of the molecule is CC1COCCN1CCCc1ccccc1N. The zero-order valence-corrected chi connectivity index (χ0v) is 10.6. The lowest BCUT2D eigenvalue weighted by Gasteiger charge is -2.33. The molecule has 0 saturated carbocycles. The number of hydrogen-bond donors (Lipinski definition) is 1. The summed E-state index contributed by atoms with van der Waals surface area (Å²) >= 11 is 0. The monoisotopic (exact) mass is 234 g/mol. The number of morpholine rings is 1. The molecule has 2 N–H and O–H groups in total. The van der Waals surface area contributed by atoms with Gasteiger partial charge in [0, 0.05) is 18.3 Å². The smallest absolute Gasteiger partial charge is 0.0619 e. The molecule has 1 fully saturated rings. The molecule has 2 rings (SSSR count). The van der Waals surface area contributed by atoms with Crippen LogP contribution in [0.1, 0.15) is 18.9 Å². The van der Waals surface area contributed by atoms with Gasteiger partial charge in [-0.05, 0) is 37.9 Å². The van der Waals surface area contributed by atoms with Crippen LogP contribution in [0.3, 0.4) is 0 Å². The molecule has 0 bridgehead atoms. The number of nitrogens with two attached hydrogens (primary N) is 1. The highest BCUT2D eigenvalue weighted by Crippen LogP contribution is 2.14. The highest BCUT2D eigenvalue weighted by atomic mass is 16.5. The number of anilines is 1. The molecular formula is C14H22N2O. The topological polar surface area (TPSA) is 38.5 Å². The largest absolute Gasteiger partial charge is 0.399 e. The van der Waals surface area contributed by atoms with Crippen LogP contribution in [0.15, 0.2) is 24.3 Å². The number of benzene rings is 1. The fourth-order valence-electron chi connectivity index (χ4n) is 2.33. The van der Waals surface area contributed by atoms with Crippen molar-refractivity contribution in [1.82, 2.24) is 4.90 Å². The van der Waals surface area contributed by atoms with Gasteiger partial charge in [0.25, 0.3) is 0 Å². The van der Waals surface area contributed by atoms with Crippen LogP contribution in [0, 0.1) is 0 Å². The van der Waals surface area contributed by atoms with Gasteiger partial charge in [0.1, 0.15) is 0 Å². The first-order valence-corrected chi connectivity index (χ1v) is 6.42. The number of nitrogen functional groups attached to an aromatic ring is 1. The lowest BCUT2D eigenvalue weighted by atomic mass is 10.1. The molecule has 3 nitrogen and oxygen atoms in total. The summed E-state index contributed by atoms with van der Waals surface area (Å²) in [5.74, 6) is 0. The summed E-state index contributed by atoms with van der Waals surface area (Å²) in [6.45, 7) is 6.17. The quantitative estimate of drug-likeness (QED) is 0.809. The fraction of sp³-hybridized carbons (Fsp3) is 0.571. The number of para-hydroxylation sites is 1. The van der Waals surface area contributed by atoms with E-state index in [1.54, 1.807) is 0 Å². The van der Waals surface area contributed by atoms with Gasteiger partial charge < -0.3 is 10.5 Å². The van der Waals surface area contributed by atoms with Crippen molar-refractivity contribution >= 4 is 5.69 Å². The molecule has 3 heteroatoms. The van der Waals surface area contributed by atoms with Gasteiger partial charge in [0.05, 0.1) is 13.2 Å². The minimum absolute atomic E-state index is 0.553. The van der Waals surface area contributed by atoms with E-state index in [4.69, 9.17) is 10.5 Å². The van der Waals surface area contributed by atoms with E-state index in [1.165, 1.54) is 12.0 Å². The molecule has 1 saturated heterocycles. The minimum atomic E-state index is 0.553. The summed E-state index contributed by atoms with van der Waals surface area (Å²) in [4.78, 5) is 2.50. The maximum absolute atomic E-state index is 5.93. The molecule has 0 aliphatic carbocycles. The maximum Gasteiger partial charge on any atom is 0.0619 e. The second kappa shape index (κ2) is 6.03. The van der Waals surface area contributed by atoms with Gasteiger partial charge in [-0.25, -0.2) is 0 Å². The summed E-state index contributed by atoms with van der Waals surface area (Å²) in [5, 5.41) is 0. The van der Waals surface area contributed by atoms with E-state index < -0.39 is 0 Å². The zero-order valence-electron chi connectivity index (χ0n) is 10.6. The fourth-order valence-corrected chi connectivity index (χ4v) is 2.33. The molecule has 94 valence electrons. The van der Waals surface area contributed by atoms with Gasteiger partial charge in [-0.1, -0.05) is 18.2 Å². The van der Waals surface area contributed by atoms with Crippen molar-refractivity contribution in [3.63, 3.8) is 0 Å². The highest BCUT2D eigenvalue weighted by molar-refractivity contribution is 5.46. The van der Waals surface area contributed by atoms with Crippen LogP contribution in [0.25, 0.3) is 0 Å². The van der Waals surface area contributed by atoms with E-state index in [0.29, 0.717) is 6.04 Å². The standard InChI is InChI=1S/C14H22N2O/c1-12-11-17-10-9-16(12)8-4-6-13-5-2-3-7-14(13)15/h2-3,5,7,12H,4,6,8-11,15H2,1H3. The molecule has 1 aromatic carbocycles. The molecule has 0 radical (unpaired) electrons. The third-order valence-corrected chi connectivity index (χ3v) is 3.45. The van der Waals surface area contributed by atoms with Crippen molar-refractivity contribution in [2.24, 2.45) is 0 Å². The summed E-state index contributed by atoms with van der Waals surface area (Å²) in [5.41, 5.74) is 8.12. The Balaban J connectivity index is 1.77. The molecule has 1 aromatic rings. The zero-order chi connectivity index (χ0) is 12.1. The molecule has 1 unspecified atom stereocenters. The number of rotatable bonds is 4. The van der Waals surface area contributed by atoms with Crippen molar-refractivity contribution in [3.8, 4) is 0 Å². The molecule has 0 spiro atoms. The Morgan fingerprint density at radius 2 is 2.24 bits per heavy atom. The van der Waals surface area contributed by atoms with Gasteiger partial charge in [-0.15, -0.1) is 0 Å². The molecule has 0 amide bonds. The van der Waals surface area contributed by atoms with E-state index in [2.05, 4.69) is 24.0 Å². The molecule has 0 aromatic heterocycles. The average Bonchev–Trinajstić information content (AvgIpc) is 2.34. The molecule has 1 aliphatic heterocycles. The van der Waals surface area contributed by atoms with E-state index in [-0.39, 0.29) is 0 Å². The van der Waals surface area contributed by atoms with Gasteiger partial charge in [-0.3, -0.25) is 4.90 Å². The van der Waals surface area contributed by atoms with Crippen molar-refractivity contribution in [2.75, 3.05) is 32.0 Å². The van der Waals surface area contributed by atoms with Gasteiger partial charge in [0.15, 0.2) is 0 Å². The molecule has 1 atom stereocenters. The van der Waals surface area contributed by atoms with Crippen LogP contribution >= 0.6 is 0 Å². The van der Waals surface area contributed by atoms with Crippen LogP contribution in [0.5, 0.6) is 0 Å². The molecule has 1 heterocycles. The van der Waals surface area contributed by atoms with Gasteiger partial charge in [-0.2, -0.15) is 0 Å².